The fourth-order valence-corrected chi connectivity index (χ4v) is 2.16. The number of carbonyl (C=O) groups excluding carboxylic acids is 1. The van der Waals surface area contributed by atoms with Crippen molar-refractivity contribution in [2.24, 2.45) is 5.92 Å². The van der Waals surface area contributed by atoms with Crippen LogP contribution in [0.15, 0.2) is 24.3 Å². The van der Waals surface area contributed by atoms with Gasteiger partial charge in [-0.05, 0) is 30.0 Å². The molecule has 0 radical (unpaired) electrons. The van der Waals surface area contributed by atoms with Crippen molar-refractivity contribution in [2.75, 3.05) is 13.6 Å². The highest BCUT2D eigenvalue weighted by atomic mass is 19.1. The first kappa shape index (κ1) is 12.6. The van der Waals surface area contributed by atoms with Gasteiger partial charge in [0.05, 0.1) is 12.5 Å². The van der Waals surface area contributed by atoms with Gasteiger partial charge >= 0.3 is 0 Å². The summed E-state index contributed by atoms with van der Waals surface area (Å²) in [6.07, 6.45) is 1.18. The Morgan fingerprint density at radius 3 is 2.78 bits per heavy atom. The first-order chi connectivity index (χ1) is 8.63. The number of benzene rings is 1. The van der Waals surface area contributed by atoms with E-state index >= 15 is 0 Å². The summed E-state index contributed by atoms with van der Waals surface area (Å²) in [5.74, 6) is 0.0368. The molecule has 1 fully saturated rings. The molecule has 2 unspecified atom stereocenters. The Kier molecular flexibility index (Phi) is 3.61. The fraction of sp³-hybridized carbons (Fsp3) is 0.429. The van der Waals surface area contributed by atoms with Gasteiger partial charge in [0.2, 0.25) is 5.91 Å². The summed E-state index contributed by atoms with van der Waals surface area (Å²) in [5.41, 5.74) is 1.02. The van der Waals surface area contributed by atoms with E-state index in [0.29, 0.717) is 13.0 Å². The van der Waals surface area contributed by atoms with E-state index in [-0.39, 0.29) is 23.6 Å². The summed E-state index contributed by atoms with van der Waals surface area (Å²) in [6, 6.07) is 8.35. The first-order valence-electron chi connectivity index (χ1n) is 6.01. The molecule has 3 nitrogen and oxygen atoms in total. The van der Waals surface area contributed by atoms with Crippen LogP contribution in [0.1, 0.15) is 24.3 Å². The molecule has 0 saturated heterocycles. The van der Waals surface area contributed by atoms with Crippen LogP contribution in [0.3, 0.4) is 0 Å². The van der Waals surface area contributed by atoms with Crippen LogP contribution in [0, 0.1) is 23.1 Å². The zero-order chi connectivity index (χ0) is 13.1. The highest BCUT2D eigenvalue weighted by Crippen LogP contribution is 2.48. The molecule has 1 saturated carbocycles. The smallest absolute Gasteiger partial charge is 0.226 e. The Morgan fingerprint density at radius 2 is 2.17 bits per heavy atom. The van der Waals surface area contributed by atoms with Gasteiger partial charge in [-0.3, -0.25) is 4.79 Å². The molecule has 1 aromatic rings. The topological polar surface area (TPSA) is 44.1 Å². The van der Waals surface area contributed by atoms with Crippen LogP contribution in [0.4, 0.5) is 4.39 Å². The van der Waals surface area contributed by atoms with Gasteiger partial charge in [-0.1, -0.05) is 12.1 Å². The molecule has 0 aromatic heterocycles. The van der Waals surface area contributed by atoms with Gasteiger partial charge in [0, 0.05) is 19.5 Å². The second-order valence-corrected chi connectivity index (χ2v) is 4.67. The third-order valence-corrected chi connectivity index (χ3v) is 3.34. The van der Waals surface area contributed by atoms with Gasteiger partial charge in [-0.25, -0.2) is 4.39 Å². The molecule has 1 amide bonds. The van der Waals surface area contributed by atoms with Gasteiger partial charge < -0.3 is 4.90 Å². The average Bonchev–Trinajstić information content (AvgIpc) is 3.16. The third-order valence-electron chi connectivity index (χ3n) is 3.34. The molecule has 0 bridgehead atoms. The Bertz CT molecular complexity index is 478. The van der Waals surface area contributed by atoms with Crippen LogP contribution >= 0.6 is 0 Å². The lowest BCUT2D eigenvalue weighted by molar-refractivity contribution is -0.131. The summed E-state index contributed by atoms with van der Waals surface area (Å²) < 4.78 is 12.8. The monoisotopic (exact) mass is 246 g/mol. The predicted molar refractivity (Wildman–Crippen MR) is 65.1 cm³/mol. The highest BCUT2D eigenvalue weighted by molar-refractivity contribution is 5.82. The minimum absolute atomic E-state index is 0.000783. The van der Waals surface area contributed by atoms with Crippen molar-refractivity contribution in [2.45, 2.75) is 18.8 Å². The summed E-state index contributed by atoms with van der Waals surface area (Å²) in [5, 5.41) is 8.48. The molecule has 0 heterocycles. The van der Waals surface area contributed by atoms with E-state index < -0.39 is 0 Å². The van der Waals surface area contributed by atoms with E-state index in [0.717, 1.165) is 12.0 Å². The predicted octanol–water partition coefficient (Wildman–Crippen LogP) is 2.30. The maximum atomic E-state index is 12.8. The lowest BCUT2D eigenvalue weighted by Crippen LogP contribution is -2.29. The van der Waals surface area contributed by atoms with Crippen LogP contribution in [-0.4, -0.2) is 24.4 Å². The van der Waals surface area contributed by atoms with Crippen molar-refractivity contribution < 1.29 is 9.18 Å². The SMILES string of the molecule is CN(CCC#N)C(=O)C1CC1c1ccc(F)cc1. The zero-order valence-electron chi connectivity index (χ0n) is 10.3. The van der Waals surface area contributed by atoms with Crippen LogP contribution in [-0.2, 0) is 4.79 Å². The van der Waals surface area contributed by atoms with E-state index in [9.17, 15) is 9.18 Å². The molecular weight excluding hydrogens is 231 g/mol. The molecule has 0 N–H and O–H groups in total. The molecule has 4 heteroatoms. The van der Waals surface area contributed by atoms with Crippen LogP contribution in [0.2, 0.25) is 0 Å². The summed E-state index contributed by atoms with van der Waals surface area (Å²) in [7, 11) is 1.72. The number of nitrogens with zero attached hydrogens (tertiary/aromatic N) is 2. The molecule has 18 heavy (non-hydrogen) atoms. The van der Waals surface area contributed by atoms with Crippen molar-refractivity contribution in [1.29, 1.82) is 5.26 Å². The quantitative estimate of drug-likeness (QED) is 0.818. The van der Waals surface area contributed by atoms with Crippen molar-refractivity contribution >= 4 is 5.91 Å². The van der Waals surface area contributed by atoms with E-state index in [4.69, 9.17) is 5.26 Å². The Morgan fingerprint density at radius 1 is 1.50 bits per heavy atom. The van der Waals surface area contributed by atoms with Gasteiger partial charge in [0.25, 0.3) is 0 Å². The zero-order valence-corrected chi connectivity index (χ0v) is 10.3. The van der Waals surface area contributed by atoms with Gasteiger partial charge in [-0.15, -0.1) is 0 Å². The second-order valence-electron chi connectivity index (χ2n) is 4.67. The van der Waals surface area contributed by atoms with Gasteiger partial charge in [0.15, 0.2) is 0 Å². The maximum absolute atomic E-state index is 12.8. The standard InChI is InChI=1S/C14H15FN2O/c1-17(8-2-7-16)14(18)13-9-12(13)10-3-5-11(15)6-4-10/h3-6,12-13H,2,8-9H2,1H3. The molecule has 1 aliphatic rings. The molecule has 1 aliphatic carbocycles. The molecule has 0 spiro atoms. The van der Waals surface area contributed by atoms with Gasteiger partial charge in [0.1, 0.15) is 5.82 Å². The normalized spacial score (nSPS) is 21.2. The number of halogens is 1. The maximum Gasteiger partial charge on any atom is 0.226 e. The van der Waals surface area contributed by atoms with E-state index in [1.54, 1.807) is 24.1 Å². The Labute approximate surface area is 106 Å². The van der Waals surface area contributed by atoms with Gasteiger partial charge in [-0.2, -0.15) is 5.26 Å². The van der Waals surface area contributed by atoms with E-state index in [1.165, 1.54) is 12.1 Å². The molecule has 2 atom stereocenters. The van der Waals surface area contributed by atoms with Crippen molar-refractivity contribution in [3.8, 4) is 6.07 Å². The minimum atomic E-state index is -0.256. The summed E-state index contributed by atoms with van der Waals surface area (Å²) in [6.45, 7) is 0.474. The Balaban J connectivity index is 1.93. The molecule has 0 aliphatic heterocycles. The van der Waals surface area contributed by atoms with Crippen LogP contribution < -0.4 is 0 Å². The lowest BCUT2D eigenvalue weighted by atomic mass is 10.1. The number of nitriles is 1. The minimum Gasteiger partial charge on any atom is -0.344 e. The van der Waals surface area contributed by atoms with E-state index in [1.807, 2.05) is 6.07 Å². The number of hydrogen-bond acceptors (Lipinski definition) is 2. The largest absolute Gasteiger partial charge is 0.344 e. The van der Waals surface area contributed by atoms with Crippen molar-refractivity contribution in [3.63, 3.8) is 0 Å². The molecular formula is C14H15FN2O. The third kappa shape index (κ3) is 2.67. The van der Waals surface area contributed by atoms with Crippen LogP contribution in [0.25, 0.3) is 0 Å². The summed E-state index contributed by atoms with van der Waals surface area (Å²) in [4.78, 5) is 13.6. The average molecular weight is 246 g/mol. The summed E-state index contributed by atoms with van der Waals surface area (Å²) >= 11 is 0. The van der Waals surface area contributed by atoms with Crippen molar-refractivity contribution in [3.05, 3.63) is 35.6 Å². The number of hydrogen-bond donors (Lipinski definition) is 0. The molecule has 1 aromatic carbocycles. The van der Waals surface area contributed by atoms with Crippen LogP contribution in [0.5, 0.6) is 0 Å². The second kappa shape index (κ2) is 5.18. The lowest BCUT2D eigenvalue weighted by Gasteiger charge is -2.15. The molecule has 94 valence electrons. The fourth-order valence-electron chi connectivity index (χ4n) is 2.16. The number of amides is 1. The van der Waals surface area contributed by atoms with E-state index in [2.05, 4.69) is 0 Å². The first-order valence-corrected chi connectivity index (χ1v) is 6.01. The highest BCUT2D eigenvalue weighted by Gasteiger charge is 2.44. The number of carbonyl (C=O) groups is 1. The number of rotatable bonds is 4. The molecule has 2 rings (SSSR count). The van der Waals surface area contributed by atoms with Crippen molar-refractivity contribution in [1.82, 2.24) is 4.90 Å². The Hall–Kier alpha value is -1.89.